The first-order valence-electron chi connectivity index (χ1n) is 4.28. The fraction of sp³-hybridized carbons (Fsp3) is 0.300. The zero-order valence-electron chi connectivity index (χ0n) is 8.13. The van der Waals surface area contributed by atoms with Crippen LogP contribution in [-0.2, 0) is 7.05 Å². The largest absolute Gasteiger partial charge is 0.398 e. The van der Waals surface area contributed by atoms with E-state index in [9.17, 15) is 0 Å². The van der Waals surface area contributed by atoms with Crippen molar-refractivity contribution in [2.45, 2.75) is 13.8 Å². The number of nitrogens with two attached hydrogens (primary N) is 1. The van der Waals surface area contributed by atoms with Crippen LogP contribution >= 0.6 is 0 Å². The van der Waals surface area contributed by atoms with Gasteiger partial charge in [0.1, 0.15) is 0 Å². The first-order valence-corrected chi connectivity index (χ1v) is 4.28. The van der Waals surface area contributed by atoms with Crippen LogP contribution in [0, 0.1) is 13.8 Å². The van der Waals surface area contributed by atoms with Gasteiger partial charge in [0.15, 0.2) is 0 Å². The summed E-state index contributed by atoms with van der Waals surface area (Å²) in [5.74, 6) is 0. The van der Waals surface area contributed by atoms with Gasteiger partial charge in [-0.2, -0.15) is 5.10 Å². The highest BCUT2D eigenvalue weighted by Gasteiger charge is 2.07. The van der Waals surface area contributed by atoms with Crippen molar-refractivity contribution in [3.05, 3.63) is 23.4 Å². The van der Waals surface area contributed by atoms with Gasteiger partial charge in [-0.1, -0.05) is 0 Å². The van der Waals surface area contributed by atoms with Crippen molar-refractivity contribution in [2.24, 2.45) is 7.05 Å². The fourth-order valence-electron chi connectivity index (χ4n) is 1.63. The van der Waals surface area contributed by atoms with E-state index in [2.05, 4.69) is 11.2 Å². The summed E-state index contributed by atoms with van der Waals surface area (Å²) >= 11 is 0. The van der Waals surface area contributed by atoms with Gasteiger partial charge in [0.05, 0.1) is 11.7 Å². The normalized spacial score (nSPS) is 11.0. The number of rotatable bonds is 0. The highest BCUT2D eigenvalue weighted by Crippen LogP contribution is 2.26. The van der Waals surface area contributed by atoms with Gasteiger partial charge in [0.2, 0.25) is 0 Å². The molecule has 0 bridgehead atoms. The lowest BCUT2D eigenvalue weighted by Crippen LogP contribution is -1.95. The molecule has 2 aromatic rings. The van der Waals surface area contributed by atoms with Crippen molar-refractivity contribution in [3.8, 4) is 0 Å². The average Bonchev–Trinajstić information content (AvgIpc) is 2.45. The summed E-state index contributed by atoms with van der Waals surface area (Å²) < 4.78 is 1.87. The van der Waals surface area contributed by atoms with Crippen molar-refractivity contribution < 1.29 is 0 Å². The molecule has 2 N–H and O–H groups in total. The number of aryl methyl sites for hydroxylation is 3. The van der Waals surface area contributed by atoms with Crippen molar-refractivity contribution >= 4 is 16.6 Å². The zero-order valence-corrected chi connectivity index (χ0v) is 8.13. The molecule has 0 radical (unpaired) electrons. The summed E-state index contributed by atoms with van der Waals surface area (Å²) in [7, 11) is 1.94. The molecule has 0 saturated carbocycles. The molecular formula is C10H13N3. The standard InChI is InChI=1S/C10H13N3/c1-6-4-9-8(5-12-13(9)3)7(2)10(6)11/h4-5H,11H2,1-3H3. The minimum absolute atomic E-state index is 0.875. The van der Waals surface area contributed by atoms with E-state index in [-0.39, 0.29) is 0 Å². The van der Waals surface area contributed by atoms with E-state index in [1.165, 1.54) is 0 Å². The summed E-state index contributed by atoms with van der Waals surface area (Å²) in [4.78, 5) is 0. The van der Waals surface area contributed by atoms with Crippen LogP contribution in [0.2, 0.25) is 0 Å². The quantitative estimate of drug-likeness (QED) is 0.620. The van der Waals surface area contributed by atoms with E-state index in [0.717, 1.165) is 27.7 Å². The fourth-order valence-corrected chi connectivity index (χ4v) is 1.63. The number of hydrogen-bond donors (Lipinski definition) is 1. The predicted octanol–water partition coefficient (Wildman–Crippen LogP) is 1.77. The summed E-state index contributed by atoms with van der Waals surface area (Å²) in [6.07, 6.45) is 1.86. The number of fused-ring (bicyclic) bond motifs is 1. The van der Waals surface area contributed by atoms with Gasteiger partial charge in [-0.25, -0.2) is 0 Å². The van der Waals surface area contributed by atoms with Gasteiger partial charge >= 0.3 is 0 Å². The van der Waals surface area contributed by atoms with Gasteiger partial charge in [-0.05, 0) is 31.0 Å². The maximum atomic E-state index is 5.92. The van der Waals surface area contributed by atoms with Crippen LogP contribution < -0.4 is 5.73 Å². The smallest absolute Gasteiger partial charge is 0.0685 e. The summed E-state index contributed by atoms with van der Waals surface area (Å²) in [5.41, 5.74) is 10.2. The maximum absolute atomic E-state index is 5.92. The zero-order chi connectivity index (χ0) is 9.59. The SMILES string of the molecule is Cc1cc2c(cnn2C)c(C)c1N. The third-order valence-electron chi connectivity index (χ3n) is 2.57. The van der Waals surface area contributed by atoms with E-state index in [0.29, 0.717) is 0 Å². The number of hydrogen-bond acceptors (Lipinski definition) is 2. The molecule has 1 aromatic carbocycles. The topological polar surface area (TPSA) is 43.8 Å². The number of benzene rings is 1. The molecule has 68 valence electrons. The molecule has 0 spiro atoms. The molecule has 3 nitrogen and oxygen atoms in total. The van der Waals surface area contributed by atoms with Crippen LogP contribution in [0.5, 0.6) is 0 Å². The highest BCUT2D eigenvalue weighted by atomic mass is 15.2. The Morgan fingerprint density at radius 1 is 1.38 bits per heavy atom. The Morgan fingerprint density at radius 3 is 2.77 bits per heavy atom. The first kappa shape index (κ1) is 8.10. The molecule has 0 aliphatic heterocycles. The lowest BCUT2D eigenvalue weighted by Gasteiger charge is -2.05. The third-order valence-corrected chi connectivity index (χ3v) is 2.57. The minimum atomic E-state index is 0.875. The molecule has 0 aliphatic carbocycles. The third kappa shape index (κ3) is 1.00. The Labute approximate surface area is 77.2 Å². The van der Waals surface area contributed by atoms with Crippen LogP contribution in [0.4, 0.5) is 5.69 Å². The monoisotopic (exact) mass is 175 g/mol. The molecule has 2 rings (SSSR count). The molecule has 0 fully saturated rings. The van der Waals surface area contributed by atoms with Gasteiger partial charge < -0.3 is 5.73 Å². The van der Waals surface area contributed by atoms with E-state index in [1.807, 2.05) is 31.8 Å². The molecule has 1 aromatic heterocycles. The van der Waals surface area contributed by atoms with E-state index >= 15 is 0 Å². The van der Waals surface area contributed by atoms with E-state index < -0.39 is 0 Å². The molecule has 0 saturated heterocycles. The second-order valence-electron chi connectivity index (χ2n) is 3.43. The van der Waals surface area contributed by atoms with Gasteiger partial charge in [-0.15, -0.1) is 0 Å². The Kier molecular flexibility index (Phi) is 1.55. The second-order valence-corrected chi connectivity index (χ2v) is 3.43. The number of nitrogen functional groups attached to an aromatic ring is 1. The van der Waals surface area contributed by atoms with Crippen LogP contribution in [-0.4, -0.2) is 9.78 Å². The van der Waals surface area contributed by atoms with Crippen molar-refractivity contribution in [3.63, 3.8) is 0 Å². The Balaban J connectivity index is 2.96. The Morgan fingerprint density at radius 2 is 2.08 bits per heavy atom. The first-order chi connectivity index (χ1) is 6.11. The molecular weight excluding hydrogens is 162 g/mol. The minimum Gasteiger partial charge on any atom is -0.398 e. The maximum Gasteiger partial charge on any atom is 0.0685 e. The number of anilines is 1. The van der Waals surface area contributed by atoms with E-state index in [1.54, 1.807) is 0 Å². The lowest BCUT2D eigenvalue weighted by molar-refractivity contribution is 0.796. The Bertz CT molecular complexity index is 468. The molecule has 3 heteroatoms. The van der Waals surface area contributed by atoms with Crippen molar-refractivity contribution in [1.82, 2.24) is 9.78 Å². The molecule has 0 unspecified atom stereocenters. The highest BCUT2D eigenvalue weighted by molar-refractivity contribution is 5.88. The average molecular weight is 175 g/mol. The van der Waals surface area contributed by atoms with Crippen LogP contribution in [0.1, 0.15) is 11.1 Å². The van der Waals surface area contributed by atoms with Crippen LogP contribution in [0.15, 0.2) is 12.3 Å². The number of nitrogens with zero attached hydrogens (tertiary/aromatic N) is 2. The molecule has 13 heavy (non-hydrogen) atoms. The van der Waals surface area contributed by atoms with E-state index in [4.69, 9.17) is 5.73 Å². The van der Waals surface area contributed by atoms with Gasteiger partial charge in [-0.3, -0.25) is 4.68 Å². The predicted molar refractivity (Wildman–Crippen MR) is 54.6 cm³/mol. The molecule has 0 aliphatic rings. The summed E-state index contributed by atoms with van der Waals surface area (Å²) in [6, 6.07) is 2.07. The molecule has 1 heterocycles. The van der Waals surface area contributed by atoms with Gasteiger partial charge in [0.25, 0.3) is 0 Å². The summed E-state index contributed by atoms with van der Waals surface area (Å²) in [5, 5.41) is 5.34. The van der Waals surface area contributed by atoms with Gasteiger partial charge in [0, 0.05) is 18.1 Å². The molecule has 0 amide bonds. The van der Waals surface area contributed by atoms with Crippen LogP contribution in [0.3, 0.4) is 0 Å². The lowest BCUT2D eigenvalue weighted by atomic mass is 10.1. The van der Waals surface area contributed by atoms with Crippen molar-refractivity contribution in [1.29, 1.82) is 0 Å². The van der Waals surface area contributed by atoms with Crippen molar-refractivity contribution in [2.75, 3.05) is 5.73 Å². The summed E-state index contributed by atoms with van der Waals surface area (Å²) in [6.45, 7) is 4.06. The molecule has 0 atom stereocenters. The Hall–Kier alpha value is -1.51. The second kappa shape index (κ2) is 2.49. The number of aromatic nitrogens is 2. The van der Waals surface area contributed by atoms with Crippen LogP contribution in [0.25, 0.3) is 10.9 Å².